The molecule has 1 fully saturated rings. The average Bonchev–Trinajstić information content (AvgIpc) is 2.76. The van der Waals surface area contributed by atoms with Crippen molar-refractivity contribution in [1.82, 2.24) is 0 Å². The van der Waals surface area contributed by atoms with E-state index in [1.807, 2.05) is 0 Å². The SMILES string of the molecule is CC(C)c1ccc(C(=O)C2CCCC2(C)C)c(C(C)C)c1. The molecule has 21 heavy (non-hydrogen) atoms. The van der Waals surface area contributed by atoms with Gasteiger partial charge in [-0.2, -0.15) is 0 Å². The highest BCUT2D eigenvalue weighted by atomic mass is 16.1. The first-order valence-corrected chi connectivity index (χ1v) is 8.42. The van der Waals surface area contributed by atoms with Crippen LogP contribution in [0.3, 0.4) is 0 Å². The Hall–Kier alpha value is -1.11. The summed E-state index contributed by atoms with van der Waals surface area (Å²) in [6, 6.07) is 6.48. The lowest BCUT2D eigenvalue weighted by Gasteiger charge is -2.27. The third-order valence-electron chi connectivity index (χ3n) is 5.20. The Morgan fingerprint density at radius 3 is 2.29 bits per heavy atom. The van der Waals surface area contributed by atoms with Crippen LogP contribution in [0, 0.1) is 11.3 Å². The fourth-order valence-corrected chi connectivity index (χ4v) is 3.64. The molecule has 1 atom stereocenters. The molecular formula is C20H30O. The summed E-state index contributed by atoms with van der Waals surface area (Å²) in [6.45, 7) is 13.3. The second-order valence-corrected chi connectivity index (χ2v) is 7.95. The minimum atomic E-state index is 0.155. The van der Waals surface area contributed by atoms with E-state index in [1.54, 1.807) is 0 Å². The zero-order chi connectivity index (χ0) is 15.8. The Morgan fingerprint density at radius 2 is 1.81 bits per heavy atom. The highest BCUT2D eigenvalue weighted by Gasteiger charge is 2.40. The third-order valence-corrected chi connectivity index (χ3v) is 5.20. The number of hydrogen-bond donors (Lipinski definition) is 0. The van der Waals surface area contributed by atoms with E-state index >= 15 is 0 Å². The van der Waals surface area contributed by atoms with Gasteiger partial charge in [-0.25, -0.2) is 0 Å². The molecule has 1 aromatic carbocycles. The van der Waals surface area contributed by atoms with Crippen molar-refractivity contribution in [2.45, 2.75) is 72.6 Å². The smallest absolute Gasteiger partial charge is 0.166 e. The Labute approximate surface area is 130 Å². The maximum Gasteiger partial charge on any atom is 0.166 e. The van der Waals surface area contributed by atoms with Crippen molar-refractivity contribution in [3.8, 4) is 0 Å². The largest absolute Gasteiger partial charge is 0.294 e. The molecule has 0 spiro atoms. The topological polar surface area (TPSA) is 17.1 Å². The molecule has 1 aromatic rings. The zero-order valence-electron chi connectivity index (χ0n) is 14.5. The van der Waals surface area contributed by atoms with Gasteiger partial charge in [-0.3, -0.25) is 4.79 Å². The zero-order valence-corrected chi connectivity index (χ0v) is 14.5. The predicted molar refractivity (Wildman–Crippen MR) is 90.1 cm³/mol. The highest BCUT2D eigenvalue weighted by Crippen LogP contribution is 2.44. The predicted octanol–water partition coefficient (Wildman–Crippen LogP) is 5.94. The van der Waals surface area contributed by atoms with Crippen LogP contribution in [-0.2, 0) is 0 Å². The van der Waals surface area contributed by atoms with E-state index in [-0.39, 0.29) is 11.3 Å². The second kappa shape index (κ2) is 5.94. The molecule has 0 aliphatic heterocycles. The lowest BCUT2D eigenvalue weighted by atomic mass is 9.76. The van der Waals surface area contributed by atoms with Crippen molar-refractivity contribution in [3.05, 3.63) is 34.9 Å². The Kier molecular flexibility index (Phi) is 4.60. The quantitative estimate of drug-likeness (QED) is 0.626. The van der Waals surface area contributed by atoms with E-state index in [4.69, 9.17) is 0 Å². The van der Waals surface area contributed by atoms with Crippen LogP contribution in [0.2, 0.25) is 0 Å². The molecule has 1 aliphatic rings. The maximum atomic E-state index is 13.1. The number of carbonyl (C=O) groups excluding carboxylic acids is 1. The summed E-state index contributed by atoms with van der Waals surface area (Å²) in [5.74, 6) is 1.47. The molecule has 1 nitrogen and oxygen atoms in total. The fraction of sp³-hybridized carbons (Fsp3) is 0.650. The van der Waals surface area contributed by atoms with Crippen LogP contribution >= 0.6 is 0 Å². The van der Waals surface area contributed by atoms with Gasteiger partial charge in [0.15, 0.2) is 5.78 Å². The molecule has 1 unspecified atom stereocenters. The minimum Gasteiger partial charge on any atom is -0.294 e. The number of hydrogen-bond acceptors (Lipinski definition) is 1. The summed E-state index contributed by atoms with van der Waals surface area (Å²) < 4.78 is 0. The van der Waals surface area contributed by atoms with Gasteiger partial charge in [-0.1, -0.05) is 66.2 Å². The van der Waals surface area contributed by atoms with E-state index in [0.29, 0.717) is 17.6 Å². The van der Waals surface area contributed by atoms with Crippen molar-refractivity contribution >= 4 is 5.78 Å². The maximum absolute atomic E-state index is 13.1. The van der Waals surface area contributed by atoms with Gasteiger partial charge in [0.25, 0.3) is 0 Å². The Bertz CT molecular complexity index is 523. The van der Waals surface area contributed by atoms with Gasteiger partial charge in [0.1, 0.15) is 0 Å². The van der Waals surface area contributed by atoms with Crippen molar-refractivity contribution in [2.24, 2.45) is 11.3 Å². The van der Waals surface area contributed by atoms with Crippen LogP contribution in [0.5, 0.6) is 0 Å². The lowest BCUT2D eigenvalue weighted by molar-refractivity contribution is 0.0837. The van der Waals surface area contributed by atoms with E-state index in [1.165, 1.54) is 24.0 Å². The van der Waals surface area contributed by atoms with E-state index in [0.717, 1.165) is 12.0 Å². The van der Waals surface area contributed by atoms with Gasteiger partial charge in [0.2, 0.25) is 0 Å². The van der Waals surface area contributed by atoms with Crippen molar-refractivity contribution in [2.75, 3.05) is 0 Å². The monoisotopic (exact) mass is 286 g/mol. The van der Waals surface area contributed by atoms with E-state index < -0.39 is 0 Å². The van der Waals surface area contributed by atoms with Crippen LogP contribution in [0.4, 0.5) is 0 Å². The summed E-state index contributed by atoms with van der Waals surface area (Å²) in [5, 5.41) is 0. The first-order valence-electron chi connectivity index (χ1n) is 8.42. The Morgan fingerprint density at radius 1 is 1.14 bits per heavy atom. The first-order chi connectivity index (χ1) is 9.74. The van der Waals surface area contributed by atoms with Crippen LogP contribution < -0.4 is 0 Å². The van der Waals surface area contributed by atoms with Gasteiger partial charge in [-0.15, -0.1) is 0 Å². The van der Waals surface area contributed by atoms with Crippen molar-refractivity contribution in [1.29, 1.82) is 0 Å². The standard InChI is InChI=1S/C20H30O/c1-13(2)15-9-10-16(17(12-15)14(3)4)19(21)18-8-7-11-20(18,5)6/h9-10,12-14,18H,7-8,11H2,1-6H3. The molecule has 0 heterocycles. The van der Waals surface area contributed by atoms with Crippen molar-refractivity contribution in [3.63, 3.8) is 0 Å². The highest BCUT2D eigenvalue weighted by molar-refractivity contribution is 6.00. The van der Waals surface area contributed by atoms with Gasteiger partial charge >= 0.3 is 0 Å². The molecule has 116 valence electrons. The number of Topliss-reactive ketones (excluding diaryl/α,β-unsaturated/α-hetero) is 1. The number of carbonyl (C=O) groups is 1. The summed E-state index contributed by atoms with van der Waals surface area (Å²) in [6.07, 6.45) is 3.41. The minimum absolute atomic E-state index is 0.155. The lowest BCUT2D eigenvalue weighted by Crippen LogP contribution is -2.26. The summed E-state index contributed by atoms with van der Waals surface area (Å²) in [5.41, 5.74) is 3.69. The molecule has 0 amide bonds. The van der Waals surface area contributed by atoms with Gasteiger partial charge in [-0.05, 0) is 41.2 Å². The molecule has 2 rings (SSSR count). The van der Waals surface area contributed by atoms with Gasteiger partial charge < -0.3 is 0 Å². The van der Waals surface area contributed by atoms with Crippen LogP contribution in [0.15, 0.2) is 18.2 Å². The summed E-state index contributed by atoms with van der Waals surface area (Å²) in [7, 11) is 0. The van der Waals surface area contributed by atoms with Crippen LogP contribution in [0.1, 0.15) is 94.1 Å². The Balaban J connectivity index is 2.41. The van der Waals surface area contributed by atoms with Gasteiger partial charge in [0.05, 0.1) is 0 Å². The number of benzene rings is 1. The fourth-order valence-electron chi connectivity index (χ4n) is 3.64. The normalized spacial score (nSPS) is 21.2. The third kappa shape index (κ3) is 3.22. The van der Waals surface area contributed by atoms with Crippen LogP contribution in [0.25, 0.3) is 0 Å². The molecule has 0 bridgehead atoms. The molecule has 1 saturated carbocycles. The molecule has 0 saturated heterocycles. The molecule has 0 radical (unpaired) electrons. The van der Waals surface area contributed by atoms with Gasteiger partial charge in [0, 0.05) is 11.5 Å². The van der Waals surface area contributed by atoms with Crippen LogP contribution in [-0.4, -0.2) is 5.78 Å². The average molecular weight is 286 g/mol. The summed E-state index contributed by atoms with van der Waals surface area (Å²) in [4.78, 5) is 13.1. The molecule has 1 heteroatoms. The molecular weight excluding hydrogens is 256 g/mol. The first kappa shape index (κ1) is 16.3. The second-order valence-electron chi connectivity index (χ2n) is 7.95. The molecule has 0 aromatic heterocycles. The number of ketones is 1. The number of rotatable bonds is 4. The molecule has 1 aliphatic carbocycles. The summed E-state index contributed by atoms with van der Waals surface area (Å²) >= 11 is 0. The molecule has 0 N–H and O–H groups in total. The van der Waals surface area contributed by atoms with E-state index in [9.17, 15) is 4.79 Å². The van der Waals surface area contributed by atoms with Crippen molar-refractivity contribution < 1.29 is 4.79 Å². The van der Waals surface area contributed by atoms with E-state index in [2.05, 4.69) is 59.7 Å².